The summed E-state index contributed by atoms with van der Waals surface area (Å²) in [4.78, 5) is 17.3. The third-order valence-electron chi connectivity index (χ3n) is 2.45. The summed E-state index contributed by atoms with van der Waals surface area (Å²) in [6.07, 6.45) is 1.14. The van der Waals surface area contributed by atoms with E-state index in [1.165, 1.54) is 0 Å². The number of aromatic nitrogens is 2. The fourth-order valence-electron chi connectivity index (χ4n) is 1.50. The second-order valence-corrected chi connectivity index (χ2v) is 4.04. The standard InChI is InChI=1S/C11H6ClF2N3O2/c1-5-10(12)11(16-4-15-5)6-2-9(17(18)19)8(14)3-7(6)13/h2-4H,1H3. The van der Waals surface area contributed by atoms with E-state index < -0.39 is 22.2 Å². The minimum absolute atomic E-state index is 0.0187. The van der Waals surface area contributed by atoms with Gasteiger partial charge in [-0.1, -0.05) is 11.6 Å². The number of aryl methyl sites for hydroxylation is 1. The van der Waals surface area contributed by atoms with E-state index in [0.717, 1.165) is 12.4 Å². The monoisotopic (exact) mass is 285 g/mol. The zero-order valence-corrected chi connectivity index (χ0v) is 10.3. The van der Waals surface area contributed by atoms with Crippen LogP contribution in [0.2, 0.25) is 5.02 Å². The zero-order valence-electron chi connectivity index (χ0n) is 9.52. The molecular weight excluding hydrogens is 280 g/mol. The molecule has 0 saturated heterocycles. The van der Waals surface area contributed by atoms with Crippen LogP contribution in [0, 0.1) is 28.7 Å². The Balaban J connectivity index is 2.72. The molecule has 1 aromatic heterocycles. The molecule has 0 N–H and O–H groups in total. The van der Waals surface area contributed by atoms with Crippen molar-refractivity contribution in [3.8, 4) is 11.3 Å². The second-order valence-electron chi connectivity index (χ2n) is 3.66. The first-order chi connectivity index (χ1) is 8.91. The van der Waals surface area contributed by atoms with Crippen LogP contribution in [0.25, 0.3) is 11.3 Å². The lowest BCUT2D eigenvalue weighted by Crippen LogP contribution is -1.98. The highest BCUT2D eigenvalue weighted by Gasteiger charge is 2.21. The predicted octanol–water partition coefficient (Wildman–Crippen LogP) is 3.29. The number of nitro groups is 1. The highest BCUT2D eigenvalue weighted by atomic mass is 35.5. The van der Waals surface area contributed by atoms with Gasteiger partial charge in [-0.2, -0.15) is 4.39 Å². The number of nitro benzene ring substituents is 1. The first-order valence-electron chi connectivity index (χ1n) is 5.02. The van der Waals surface area contributed by atoms with Gasteiger partial charge in [0.05, 0.1) is 21.3 Å². The Morgan fingerprint density at radius 1 is 1.26 bits per heavy atom. The summed E-state index contributed by atoms with van der Waals surface area (Å²) in [5.41, 5.74) is -0.722. The van der Waals surface area contributed by atoms with Crippen LogP contribution < -0.4 is 0 Å². The van der Waals surface area contributed by atoms with Gasteiger partial charge in [0.25, 0.3) is 0 Å². The molecule has 19 heavy (non-hydrogen) atoms. The van der Waals surface area contributed by atoms with Gasteiger partial charge in [0, 0.05) is 17.7 Å². The molecule has 2 aromatic rings. The summed E-state index contributed by atoms with van der Waals surface area (Å²) in [6.45, 7) is 1.57. The van der Waals surface area contributed by atoms with Gasteiger partial charge in [0.15, 0.2) is 0 Å². The van der Waals surface area contributed by atoms with Crippen molar-refractivity contribution in [2.45, 2.75) is 6.92 Å². The smallest absolute Gasteiger partial charge is 0.258 e. The van der Waals surface area contributed by atoms with Gasteiger partial charge in [-0.15, -0.1) is 0 Å². The minimum atomic E-state index is -1.26. The first kappa shape index (κ1) is 13.3. The Kier molecular flexibility index (Phi) is 3.39. The molecule has 0 saturated carbocycles. The van der Waals surface area contributed by atoms with Crippen molar-refractivity contribution in [2.75, 3.05) is 0 Å². The van der Waals surface area contributed by atoms with Gasteiger partial charge in [-0.05, 0) is 6.92 Å². The number of halogens is 3. The molecule has 1 heterocycles. The molecule has 0 aliphatic rings. The van der Waals surface area contributed by atoms with E-state index in [9.17, 15) is 18.9 Å². The first-order valence-corrected chi connectivity index (χ1v) is 5.40. The highest BCUT2D eigenvalue weighted by molar-refractivity contribution is 6.33. The quantitative estimate of drug-likeness (QED) is 0.627. The molecule has 0 unspecified atom stereocenters. The summed E-state index contributed by atoms with van der Waals surface area (Å²) < 4.78 is 26.9. The maximum Gasteiger partial charge on any atom is 0.305 e. The van der Waals surface area contributed by atoms with Crippen LogP contribution >= 0.6 is 11.6 Å². The van der Waals surface area contributed by atoms with Crippen LogP contribution in [-0.4, -0.2) is 14.9 Å². The van der Waals surface area contributed by atoms with Crippen molar-refractivity contribution in [3.63, 3.8) is 0 Å². The maximum atomic E-state index is 13.7. The van der Waals surface area contributed by atoms with Crippen molar-refractivity contribution in [3.05, 3.63) is 50.9 Å². The van der Waals surface area contributed by atoms with Gasteiger partial charge < -0.3 is 0 Å². The normalized spacial score (nSPS) is 10.5. The molecule has 98 valence electrons. The molecule has 0 fully saturated rings. The topological polar surface area (TPSA) is 68.9 Å². The Labute approximate surface area is 111 Å². The van der Waals surface area contributed by atoms with Gasteiger partial charge in [0.1, 0.15) is 12.1 Å². The lowest BCUT2D eigenvalue weighted by atomic mass is 10.1. The molecule has 1 aromatic carbocycles. The summed E-state index contributed by atoms with van der Waals surface area (Å²) in [6, 6.07) is 1.19. The third kappa shape index (κ3) is 2.37. The Morgan fingerprint density at radius 3 is 2.58 bits per heavy atom. The van der Waals surface area contributed by atoms with Gasteiger partial charge >= 0.3 is 5.69 Å². The molecule has 0 spiro atoms. The lowest BCUT2D eigenvalue weighted by Gasteiger charge is -2.06. The molecule has 0 bridgehead atoms. The van der Waals surface area contributed by atoms with E-state index >= 15 is 0 Å². The molecule has 0 aliphatic carbocycles. The number of benzene rings is 1. The average molecular weight is 286 g/mol. The summed E-state index contributed by atoms with van der Waals surface area (Å²) >= 11 is 5.92. The summed E-state index contributed by atoms with van der Waals surface area (Å²) in [5.74, 6) is -2.24. The Hall–Kier alpha value is -2.15. The van der Waals surface area contributed by atoms with Crippen molar-refractivity contribution in [1.29, 1.82) is 0 Å². The molecular formula is C11H6ClF2N3O2. The van der Waals surface area contributed by atoms with Crippen LogP contribution in [0.5, 0.6) is 0 Å². The van der Waals surface area contributed by atoms with Crippen molar-refractivity contribution in [2.24, 2.45) is 0 Å². The zero-order chi connectivity index (χ0) is 14.2. The Bertz CT molecular complexity index is 679. The van der Waals surface area contributed by atoms with Crippen LogP contribution in [0.1, 0.15) is 5.69 Å². The Morgan fingerprint density at radius 2 is 1.95 bits per heavy atom. The SMILES string of the molecule is Cc1ncnc(-c2cc([N+](=O)[O-])c(F)cc2F)c1Cl. The molecule has 0 radical (unpaired) electrons. The molecule has 0 amide bonds. The van der Waals surface area contributed by atoms with Crippen molar-refractivity contribution in [1.82, 2.24) is 9.97 Å². The highest BCUT2D eigenvalue weighted by Crippen LogP contribution is 2.32. The average Bonchev–Trinajstić information content (AvgIpc) is 2.33. The fourth-order valence-corrected chi connectivity index (χ4v) is 1.70. The number of rotatable bonds is 2. The summed E-state index contributed by atoms with van der Waals surface area (Å²) in [7, 11) is 0. The molecule has 0 aliphatic heterocycles. The van der Waals surface area contributed by atoms with E-state index in [4.69, 9.17) is 11.6 Å². The van der Waals surface area contributed by atoms with Gasteiger partial charge in [-0.25, -0.2) is 14.4 Å². The van der Waals surface area contributed by atoms with Crippen molar-refractivity contribution < 1.29 is 13.7 Å². The van der Waals surface area contributed by atoms with E-state index in [-0.39, 0.29) is 16.3 Å². The van der Waals surface area contributed by atoms with E-state index in [1.54, 1.807) is 6.92 Å². The second kappa shape index (κ2) is 4.85. The molecule has 5 nitrogen and oxygen atoms in total. The molecule has 0 atom stereocenters. The minimum Gasteiger partial charge on any atom is -0.258 e. The van der Waals surface area contributed by atoms with Crippen LogP contribution in [0.15, 0.2) is 18.5 Å². The summed E-state index contributed by atoms with van der Waals surface area (Å²) in [5, 5.41) is 10.7. The largest absolute Gasteiger partial charge is 0.305 e. The van der Waals surface area contributed by atoms with Crippen LogP contribution in [0.3, 0.4) is 0 Å². The van der Waals surface area contributed by atoms with Gasteiger partial charge in [-0.3, -0.25) is 10.1 Å². The number of hydrogen-bond donors (Lipinski definition) is 0. The van der Waals surface area contributed by atoms with E-state index in [2.05, 4.69) is 9.97 Å². The third-order valence-corrected chi connectivity index (χ3v) is 2.90. The number of hydrogen-bond acceptors (Lipinski definition) is 4. The maximum absolute atomic E-state index is 13.7. The predicted molar refractivity (Wildman–Crippen MR) is 63.8 cm³/mol. The van der Waals surface area contributed by atoms with Crippen molar-refractivity contribution >= 4 is 17.3 Å². The van der Waals surface area contributed by atoms with E-state index in [1.807, 2.05) is 0 Å². The van der Waals surface area contributed by atoms with E-state index in [0.29, 0.717) is 11.8 Å². The molecule has 2 rings (SSSR count). The van der Waals surface area contributed by atoms with Gasteiger partial charge in [0.2, 0.25) is 5.82 Å². The number of nitrogens with zero attached hydrogens (tertiary/aromatic N) is 3. The van der Waals surface area contributed by atoms with Crippen LogP contribution in [-0.2, 0) is 0 Å². The fraction of sp³-hybridized carbons (Fsp3) is 0.0909. The van der Waals surface area contributed by atoms with Crippen LogP contribution in [0.4, 0.5) is 14.5 Å². The lowest BCUT2D eigenvalue weighted by molar-refractivity contribution is -0.387. The molecule has 8 heteroatoms.